The monoisotopic (exact) mass is 394 g/mol. The molecule has 1 amide bonds. The number of ether oxygens (including phenoxy) is 1. The van der Waals surface area contributed by atoms with Crippen molar-refractivity contribution >= 4 is 23.0 Å². The smallest absolute Gasteiger partial charge is 0.273 e. The molecular formula is C21H22N4O4. The summed E-state index contributed by atoms with van der Waals surface area (Å²) in [6.45, 7) is 6.06. The minimum atomic E-state index is -0.660. The third-order valence-electron chi connectivity index (χ3n) is 4.30. The number of amides is 1. The molecule has 0 atom stereocenters. The number of nitro benzene ring substituents is 1. The molecule has 0 heterocycles. The van der Waals surface area contributed by atoms with Crippen molar-refractivity contribution in [3.05, 3.63) is 69.4 Å². The summed E-state index contributed by atoms with van der Waals surface area (Å²) in [6, 6.07) is 11.6. The molecule has 0 spiro atoms. The van der Waals surface area contributed by atoms with Gasteiger partial charge in [0.2, 0.25) is 0 Å². The van der Waals surface area contributed by atoms with E-state index in [0.29, 0.717) is 0 Å². The first-order valence-corrected chi connectivity index (χ1v) is 8.88. The van der Waals surface area contributed by atoms with Crippen LogP contribution in [0.15, 0.2) is 48.2 Å². The molecule has 29 heavy (non-hydrogen) atoms. The predicted octanol–water partition coefficient (Wildman–Crippen LogP) is 4.49. The van der Waals surface area contributed by atoms with E-state index >= 15 is 0 Å². The van der Waals surface area contributed by atoms with Crippen molar-refractivity contribution in [1.29, 1.82) is 5.26 Å². The highest BCUT2D eigenvalue weighted by Crippen LogP contribution is 2.30. The molecule has 8 nitrogen and oxygen atoms in total. The molecular weight excluding hydrogens is 372 g/mol. The standard InChI is InChI=1S/C21H22N4O4/c1-13(2)17-7-5-6-14(3)20(17)23-12-15(11-22)21(26)24-18-9-8-16(25(27)28)10-19(18)29-4/h5-10,12-13,23H,1-4H3,(H,24,26)/b15-12-. The van der Waals surface area contributed by atoms with Crippen LogP contribution in [0.5, 0.6) is 5.75 Å². The number of nitrogens with one attached hydrogen (secondary N) is 2. The van der Waals surface area contributed by atoms with Gasteiger partial charge in [-0.2, -0.15) is 5.26 Å². The zero-order chi connectivity index (χ0) is 21.6. The van der Waals surface area contributed by atoms with Gasteiger partial charge in [0.05, 0.1) is 23.8 Å². The molecule has 2 aromatic rings. The van der Waals surface area contributed by atoms with Crippen LogP contribution >= 0.6 is 0 Å². The quantitative estimate of drug-likeness (QED) is 0.309. The summed E-state index contributed by atoms with van der Waals surface area (Å²) in [6.07, 6.45) is 1.35. The number of aryl methyl sites for hydroxylation is 1. The molecule has 150 valence electrons. The molecule has 0 aliphatic rings. The lowest BCUT2D eigenvalue weighted by molar-refractivity contribution is -0.384. The van der Waals surface area contributed by atoms with E-state index in [1.165, 1.54) is 31.5 Å². The van der Waals surface area contributed by atoms with Crippen LogP contribution in [0.2, 0.25) is 0 Å². The highest BCUT2D eigenvalue weighted by molar-refractivity contribution is 6.07. The number of carbonyl (C=O) groups excluding carboxylic acids is 1. The van der Waals surface area contributed by atoms with Gasteiger partial charge in [0.25, 0.3) is 11.6 Å². The van der Waals surface area contributed by atoms with Crippen LogP contribution in [-0.4, -0.2) is 17.9 Å². The summed E-state index contributed by atoms with van der Waals surface area (Å²) in [4.78, 5) is 22.8. The maximum atomic E-state index is 12.5. The average molecular weight is 394 g/mol. The minimum absolute atomic E-state index is 0.124. The Balaban J connectivity index is 2.27. The molecule has 0 fully saturated rings. The fraction of sp³-hybridized carbons (Fsp3) is 0.238. The van der Waals surface area contributed by atoms with Gasteiger partial charge in [0, 0.05) is 18.0 Å². The molecule has 2 rings (SSSR count). The fourth-order valence-electron chi connectivity index (χ4n) is 2.75. The molecule has 0 unspecified atom stereocenters. The molecule has 0 radical (unpaired) electrons. The summed E-state index contributed by atoms with van der Waals surface area (Å²) >= 11 is 0. The molecule has 0 saturated heterocycles. The van der Waals surface area contributed by atoms with Crippen LogP contribution in [-0.2, 0) is 4.79 Å². The van der Waals surface area contributed by atoms with Gasteiger partial charge in [-0.15, -0.1) is 0 Å². The molecule has 0 saturated carbocycles. The summed E-state index contributed by atoms with van der Waals surface area (Å²) in [5.74, 6) is -0.278. The van der Waals surface area contributed by atoms with Gasteiger partial charge in [-0.05, 0) is 30.0 Å². The topological polar surface area (TPSA) is 117 Å². The van der Waals surface area contributed by atoms with Gasteiger partial charge in [-0.1, -0.05) is 32.0 Å². The van der Waals surface area contributed by atoms with Crippen molar-refractivity contribution < 1.29 is 14.5 Å². The number of rotatable bonds is 7. The van der Waals surface area contributed by atoms with Gasteiger partial charge in [0.1, 0.15) is 17.4 Å². The zero-order valence-electron chi connectivity index (χ0n) is 16.6. The molecule has 2 aromatic carbocycles. The third-order valence-corrected chi connectivity index (χ3v) is 4.30. The van der Waals surface area contributed by atoms with Crippen LogP contribution in [0.4, 0.5) is 17.1 Å². The van der Waals surface area contributed by atoms with E-state index in [9.17, 15) is 20.2 Å². The second-order valence-electron chi connectivity index (χ2n) is 6.60. The van der Waals surface area contributed by atoms with Crippen LogP contribution in [0.3, 0.4) is 0 Å². The molecule has 0 bridgehead atoms. The Morgan fingerprint density at radius 1 is 1.31 bits per heavy atom. The van der Waals surface area contributed by atoms with Crippen molar-refractivity contribution in [1.82, 2.24) is 0 Å². The highest BCUT2D eigenvalue weighted by Gasteiger charge is 2.16. The van der Waals surface area contributed by atoms with E-state index in [1.807, 2.05) is 31.2 Å². The first-order chi connectivity index (χ1) is 13.8. The number of methoxy groups -OCH3 is 1. The Labute approximate surface area is 169 Å². The van der Waals surface area contributed by atoms with Crippen LogP contribution in [0.1, 0.15) is 30.9 Å². The van der Waals surface area contributed by atoms with Gasteiger partial charge >= 0.3 is 0 Å². The SMILES string of the molecule is COc1cc([N+](=O)[O-])ccc1NC(=O)/C(C#N)=C\Nc1c(C)cccc1C(C)C. The Morgan fingerprint density at radius 3 is 2.62 bits per heavy atom. The Hall–Kier alpha value is -3.86. The average Bonchev–Trinajstić information content (AvgIpc) is 2.69. The van der Waals surface area contributed by atoms with E-state index in [1.54, 1.807) is 0 Å². The van der Waals surface area contributed by atoms with Gasteiger partial charge in [0.15, 0.2) is 0 Å². The maximum Gasteiger partial charge on any atom is 0.273 e. The number of nitriles is 1. The molecule has 8 heteroatoms. The fourth-order valence-corrected chi connectivity index (χ4v) is 2.75. The summed E-state index contributed by atoms with van der Waals surface area (Å²) < 4.78 is 5.10. The summed E-state index contributed by atoms with van der Waals surface area (Å²) in [5, 5.41) is 25.9. The van der Waals surface area contributed by atoms with Crippen LogP contribution in [0.25, 0.3) is 0 Å². The zero-order valence-corrected chi connectivity index (χ0v) is 16.6. The van der Waals surface area contributed by atoms with Crippen molar-refractivity contribution in [3.8, 4) is 11.8 Å². The second kappa shape index (κ2) is 9.37. The number of para-hydroxylation sites is 1. The lowest BCUT2D eigenvalue weighted by Gasteiger charge is -2.15. The predicted molar refractivity (Wildman–Crippen MR) is 111 cm³/mol. The number of hydrogen-bond donors (Lipinski definition) is 2. The van der Waals surface area contributed by atoms with Crippen molar-refractivity contribution in [2.75, 3.05) is 17.7 Å². The maximum absolute atomic E-state index is 12.5. The van der Waals surface area contributed by atoms with E-state index in [2.05, 4.69) is 24.5 Å². The normalized spacial score (nSPS) is 11.0. The Kier molecular flexibility index (Phi) is 6.93. The lowest BCUT2D eigenvalue weighted by Crippen LogP contribution is -2.15. The van der Waals surface area contributed by atoms with Crippen LogP contribution in [0, 0.1) is 28.4 Å². The van der Waals surface area contributed by atoms with E-state index in [-0.39, 0.29) is 28.6 Å². The number of benzene rings is 2. The Morgan fingerprint density at radius 2 is 2.03 bits per heavy atom. The number of carbonyl (C=O) groups is 1. The molecule has 0 aliphatic carbocycles. The van der Waals surface area contributed by atoms with Gasteiger partial charge < -0.3 is 15.4 Å². The van der Waals surface area contributed by atoms with E-state index in [4.69, 9.17) is 4.74 Å². The summed E-state index contributed by atoms with van der Waals surface area (Å²) in [5.41, 5.74) is 2.80. The van der Waals surface area contributed by atoms with E-state index < -0.39 is 10.8 Å². The molecule has 0 aliphatic heterocycles. The van der Waals surface area contributed by atoms with E-state index in [0.717, 1.165) is 16.8 Å². The van der Waals surface area contributed by atoms with Gasteiger partial charge in [-0.25, -0.2) is 0 Å². The molecule has 2 N–H and O–H groups in total. The van der Waals surface area contributed by atoms with Crippen molar-refractivity contribution in [3.63, 3.8) is 0 Å². The van der Waals surface area contributed by atoms with Gasteiger partial charge in [-0.3, -0.25) is 14.9 Å². The number of anilines is 2. The number of hydrogen-bond acceptors (Lipinski definition) is 6. The van der Waals surface area contributed by atoms with Crippen molar-refractivity contribution in [2.45, 2.75) is 26.7 Å². The Bertz CT molecular complexity index is 1010. The summed E-state index contributed by atoms with van der Waals surface area (Å²) in [7, 11) is 1.34. The second-order valence-corrected chi connectivity index (χ2v) is 6.60. The lowest BCUT2D eigenvalue weighted by atomic mass is 9.98. The first kappa shape index (κ1) is 21.4. The van der Waals surface area contributed by atoms with Crippen LogP contribution < -0.4 is 15.4 Å². The number of nitro groups is 1. The highest BCUT2D eigenvalue weighted by atomic mass is 16.6. The third kappa shape index (κ3) is 5.11. The number of nitrogens with zero attached hydrogens (tertiary/aromatic N) is 2. The largest absolute Gasteiger partial charge is 0.494 e. The first-order valence-electron chi connectivity index (χ1n) is 8.88. The van der Waals surface area contributed by atoms with Crippen molar-refractivity contribution in [2.24, 2.45) is 0 Å². The molecule has 0 aromatic heterocycles. The minimum Gasteiger partial charge on any atom is -0.494 e. The number of non-ortho nitro benzene ring substituents is 1.